The normalized spacial score (nSPS) is 10.5. The topological polar surface area (TPSA) is 97.8 Å². The standard InChI is InChI=1S/C29H26N2O5/c1-35-26-14-10-21(17-27(26)36-2)25(33)13-15-29(34)31-28-18-22(19-8-11-23(32)12-9-19)16-24(30-28)20-6-4-3-5-7-20/h3-12,14,16-18,32H,13,15H2,1-2H3,(H,30,31,34). The lowest BCUT2D eigenvalue weighted by Gasteiger charge is -2.11. The molecule has 7 heteroatoms. The second-order valence-electron chi connectivity index (χ2n) is 8.08. The molecule has 0 radical (unpaired) electrons. The highest BCUT2D eigenvalue weighted by molar-refractivity contribution is 6.00. The third-order valence-corrected chi connectivity index (χ3v) is 5.65. The summed E-state index contributed by atoms with van der Waals surface area (Å²) in [5.74, 6) is 1.03. The molecule has 0 aliphatic rings. The summed E-state index contributed by atoms with van der Waals surface area (Å²) in [7, 11) is 3.03. The summed E-state index contributed by atoms with van der Waals surface area (Å²) in [5, 5.41) is 12.5. The summed E-state index contributed by atoms with van der Waals surface area (Å²) < 4.78 is 10.5. The summed E-state index contributed by atoms with van der Waals surface area (Å²) in [4.78, 5) is 30.0. The number of pyridine rings is 1. The van der Waals surface area contributed by atoms with E-state index in [1.165, 1.54) is 14.2 Å². The van der Waals surface area contributed by atoms with Gasteiger partial charge in [0.05, 0.1) is 19.9 Å². The van der Waals surface area contributed by atoms with Gasteiger partial charge in [-0.2, -0.15) is 0 Å². The van der Waals surface area contributed by atoms with Crippen molar-refractivity contribution in [3.8, 4) is 39.6 Å². The van der Waals surface area contributed by atoms with Crippen LogP contribution in [0.2, 0.25) is 0 Å². The van der Waals surface area contributed by atoms with Crippen LogP contribution in [0.3, 0.4) is 0 Å². The van der Waals surface area contributed by atoms with Crippen LogP contribution in [0.4, 0.5) is 5.82 Å². The number of benzene rings is 3. The van der Waals surface area contributed by atoms with Crippen LogP contribution in [0.25, 0.3) is 22.4 Å². The molecule has 36 heavy (non-hydrogen) atoms. The molecular weight excluding hydrogens is 456 g/mol. The number of rotatable bonds is 9. The number of carbonyl (C=O) groups excluding carboxylic acids is 2. The van der Waals surface area contributed by atoms with Crippen LogP contribution in [0.15, 0.2) is 84.9 Å². The molecule has 0 fully saturated rings. The average molecular weight is 483 g/mol. The predicted octanol–water partition coefficient (Wildman–Crippen LogP) is 5.74. The number of hydrogen-bond donors (Lipinski definition) is 2. The third-order valence-electron chi connectivity index (χ3n) is 5.65. The van der Waals surface area contributed by atoms with Gasteiger partial charge in [0.15, 0.2) is 17.3 Å². The van der Waals surface area contributed by atoms with E-state index < -0.39 is 0 Å². The molecule has 0 spiro atoms. The van der Waals surface area contributed by atoms with Crippen LogP contribution in [0.5, 0.6) is 17.2 Å². The molecule has 0 saturated carbocycles. The first-order valence-electron chi connectivity index (χ1n) is 11.4. The number of anilines is 1. The molecule has 1 aromatic heterocycles. The molecule has 0 unspecified atom stereocenters. The summed E-state index contributed by atoms with van der Waals surface area (Å²) in [6, 6.07) is 25.1. The van der Waals surface area contributed by atoms with Gasteiger partial charge in [-0.3, -0.25) is 9.59 Å². The molecule has 1 amide bonds. The van der Waals surface area contributed by atoms with Gasteiger partial charge in [0.2, 0.25) is 5.91 Å². The molecular formula is C29H26N2O5. The maximum absolute atomic E-state index is 12.7. The Morgan fingerprint density at radius 3 is 2.19 bits per heavy atom. The first-order chi connectivity index (χ1) is 17.5. The summed E-state index contributed by atoms with van der Waals surface area (Å²) >= 11 is 0. The first kappa shape index (κ1) is 24.5. The molecule has 3 aromatic carbocycles. The Kier molecular flexibility index (Phi) is 7.60. The largest absolute Gasteiger partial charge is 0.508 e. The van der Waals surface area contributed by atoms with Crippen molar-refractivity contribution in [2.75, 3.05) is 19.5 Å². The molecule has 7 nitrogen and oxygen atoms in total. The number of Topliss-reactive ketones (excluding diaryl/α,β-unsaturated/α-hetero) is 1. The monoisotopic (exact) mass is 482 g/mol. The minimum absolute atomic E-state index is 0.00103. The lowest BCUT2D eigenvalue weighted by molar-refractivity contribution is -0.116. The van der Waals surface area contributed by atoms with E-state index in [0.29, 0.717) is 28.6 Å². The zero-order chi connectivity index (χ0) is 25.5. The third kappa shape index (κ3) is 5.88. The van der Waals surface area contributed by atoms with Crippen LogP contribution in [-0.2, 0) is 4.79 Å². The van der Waals surface area contributed by atoms with Crippen molar-refractivity contribution in [1.82, 2.24) is 4.98 Å². The fraction of sp³-hybridized carbons (Fsp3) is 0.138. The van der Waals surface area contributed by atoms with Crippen LogP contribution < -0.4 is 14.8 Å². The van der Waals surface area contributed by atoms with Crippen molar-refractivity contribution in [3.05, 3.63) is 90.5 Å². The SMILES string of the molecule is COc1ccc(C(=O)CCC(=O)Nc2cc(-c3ccc(O)cc3)cc(-c3ccccc3)n2)cc1OC. The van der Waals surface area contributed by atoms with Crippen LogP contribution in [-0.4, -0.2) is 36.0 Å². The van der Waals surface area contributed by atoms with E-state index in [9.17, 15) is 14.7 Å². The van der Waals surface area contributed by atoms with E-state index in [4.69, 9.17) is 9.47 Å². The van der Waals surface area contributed by atoms with Gasteiger partial charge in [-0.15, -0.1) is 0 Å². The van der Waals surface area contributed by atoms with Crippen molar-refractivity contribution >= 4 is 17.5 Å². The molecule has 4 rings (SSSR count). The van der Waals surface area contributed by atoms with Gasteiger partial charge in [-0.1, -0.05) is 42.5 Å². The number of ether oxygens (including phenoxy) is 2. The number of ketones is 1. The second-order valence-corrected chi connectivity index (χ2v) is 8.08. The van der Waals surface area contributed by atoms with Gasteiger partial charge in [0.1, 0.15) is 11.6 Å². The number of phenols is 1. The number of carbonyl (C=O) groups is 2. The molecule has 0 atom stereocenters. The maximum atomic E-state index is 12.7. The van der Waals surface area contributed by atoms with Crippen LogP contribution >= 0.6 is 0 Å². The highest BCUT2D eigenvalue weighted by atomic mass is 16.5. The van der Waals surface area contributed by atoms with E-state index in [2.05, 4.69) is 10.3 Å². The smallest absolute Gasteiger partial charge is 0.225 e. The summed E-state index contributed by atoms with van der Waals surface area (Å²) in [6.45, 7) is 0. The Bertz CT molecular complexity index is 1370. The molecule has 182 valence electrons. The molecule has 0 saturated heterocycles. The number of aromatic nitrogens is 1. The summed E-state index contributed by atoms with van der Waals surface area (Å²) in [5.41, 5.74) is 3.74. The number of methoxy groups -OCH3 is 2. The molecule has 0 aliphatic carbocycles. The fourth-order valence-corrected chi connectivity index (χ4v) is 3.76. The predicted molar refractivity (Wildman–Crippen MR) is 139 cm³/mol. The highest BCUT2D eigenvalue weighted by Crippen LogP contribution is 2.30. The lowest BCUT2D eigenvalue weighted by atomic mass is 10.0. The van der Waals surface area contributed by atoms with E-state index in [1.54, 1.807) is 48.5 Å². The van der Waals surface area contributed by atoms with Gasteiger partial charge in [-0.25, -0.2) is 4.98 Å². The summed E-state index contributed by atoms with van der Waals surface area (Å²) in [6.07, 6.45) is 0.0312. The Labute approximate surface area is 209 Å². The highest BCUT2D eigenvalue weighted by Gasteiger charge is 2.14. The number of amides is 1. The quantitative estimate of drug-likeness (QED) is 0.295. The van der Waals surface area contributed by atoms with Gasteiger partial charge in [-0.05, 0) is 53.6 Å². The Hall–Kier alpha value is -4.65. The fourth-order valence-electron chi connectivity index (χ4n) is 3.76. The van der Waals surface area contributed by atoms with E-state index in [0.717, 1.165) is 16.7 Å². The average Bonchev–Trinajstić information content (AvgIpc) is 2.92. The van der Waals surface area contributed by atoms with Gasteiger partial charge < -0.3 is 19.9 Å². The zero-order valence-electron chi connectivity index (χ0n) is 20.0. The van der Waals surface area contributed by atoms with Crippen molar-refractivity contribution in [2.45, 2.75) is 12.8 Å². The number of hydrogen-bond acceptors (Lipinski definition) is 6. The first-order valence-corrected chi connectivity index (χ1v) is 11.4. The number of phenolic OH excluding ortho intramolecular Hbond substituents is 1. The minimum atomic E-state index is -0.321. The van der Waals surface area contributed by atoms with Crippen molar-refractivity contribution < 1.29 is 24.2 Å². The molecule has 0 aliphatic heterocycles. The van der Waals surface area contributed by atoms with Crippen LogP contribution in [0, 0.1) is 0 Å². The van der Waals surface area contributed by atoms with Gasteiger partial charge in [0.25, 0.3) is 0 Å². The van der Waals surface area contributed by atoms with Crippen molar-refractivity contribution in [1.29, 1.82) is 0 Å². The van der Waals surface area contributed by atoms with E-state index in [1.807, 2.05) is 36.4 Å². The number of aromatic hydroxyl groups is 1. The minimum Gasteiger partial charge on any atom is -0.508 e. The van der Waals surface area contributed by atoms with E-state index in [-0.39, 0.29) is 30.3 Å². The van der Waals surface area contributed by atoms with Crippen molar-refractivity contribution in [2.24, 2.45) is 0 Å². The zero-order valence-corrected chi connectivity index (χ0v) is 20.0. The Morgan fingerprint density at radius 1 is 0.778 bits per heavy atom. The lowest BCUT2D eigenvalue weighted by Crippen LogP contribution is -2.14. The van der Waals surface area contributed by atoms with Crippen LogP contribution in [0.1, 0.15) is 23.2 Å². The van der Waals surface area contributed by atoms with Gasteiger partial charge >= 0.3 is 0 Å². The molecule has 0 bridgehead atoms. The molecule has 2 N–H and O–H groups in total. The second kappa shape index (κ2) is 11.2. The maximum Gasteiger partial charge on any atom is 0.225 e. The van der Waals surface area contributed by atoms with Crippen molar-refractivity contribution in [3.63, 3.8) is 0 Å². The molecule has 1 heterocycles. The number of nitrogens with zero attached hydrogens (tertiary/aromatic N) is 1. The molecule has 4 aromatic rings. The Balaban J connectivity index is 1.51. The van der Waals surface area contributed by atoms with Gasteiger partial charge in [0, 0.05) is 24.0 Å². The number of nitrogens with one attached hydrogen (secondary N) is 1. The van der Waals surface area contributed by atoms with E-state index >= 15 is 0 Å². The Morgan fingerprint density at radius 2 is 1.50 bits per heavy atom.